The number of nitrogens with zero attached hydrogens (tertiary/aromatic N) is 4. The molecule has 0 saturated carbocycles. The first-order valence-corrected chi connectivity index (χ1v) is 8.43. The van der Waals surface area contributed by atoms with Gasteiger partial charge in [0.05, 0.1) is 26.3 Å². The lowest BCUT2D eigenvalue weighted by Crippen LogP contribution is -2.30. The number of methoxy groups -OCH3 is 2. The molecular weight excluding hydrogens is 332 g/mol. The predicted molar refractivity (Wildman–Crippen MR) is 99.1 cm³/mol. The van der Waals surface area contributed by atoms with Gasteiger partial charge in [0.1, 0.15) is 5.82 Å². The Morgan fingerprint density at radius 3 is 2.69 bits per heavy atom. The Labute approximate surface area is 152 Å². The van der Waals surface area contributed by atoms with Crippen molar-refractivity contribution in [3.05, 3.63) is 48.8 Å². The first-order chi connectivity index (χ1) is 12.7. The summed E-state index contributed by atoms with van der Waals surface area (Å²) in [6, 6.07) is 11.9. The Bertz CT molecular complexity index is 864. The summed E-state index contributed by atoms with van der Waals surface area (Å²) in [5.74, 6) is 0.527. The van der Waals surface area contributed by atoms with Crippen LogP contribution in [-0.2, 0) is 14.3 Å². The topological polar surface area (TPSA) is 69.0 Å². The molecule has 7 heteroatoms. The van der Waals surface area contributed by atoms with E-state index in [1.54, 1.807) is 11.6 Å². The van der Waals surface area contributed by atoms with Crippen LogP contribution in [-0.4, -0.2) is 54.5 Å². The van der Waals surface area contributed by atoms with Crippen molar-refractivity contribution in [3.8, 4) is 11.1 Å². The van der Waals surface area contributed by atoms with E-state index >= 15 is 0 Å². The second kappa shape index (κ2) is 8.44. The van der Waals surface area contributed by atoms with Crippen LogP contribution in [0.3, 0.4) is 0 Å². The van der Waals surface area contributed by atoms with Crippen molar-refractivity contribution in [1.29, 1.82) is 0 Å². The molecule has 0 saturated heterocycles. The maximum absolute atomic E-state index is 11.5. The minimum Gasteiger partial charge on any atom is -0.469 e. The molecule has 0 spiro atoms. The number of rotatable bonds is 8. The summed E-state index contributed by atoms with van der Waals surface area (Å²) in [5, 5.41) is 4.38. The van der Waals surface area contributed by atoms with Crippen molar-refractivity contribution in [3.63, 3.8) is 0 Å². The number of aromatic nitrogens is 3. The van der Waals surface area contributed by atoms with E-state index in [0.717, 1.165) is 22.6 Å². The van der Waals surface area contributed by atoms with Crippen molar-refractivity contribution in [1.82, 2.24) is 14.6 Å². The first-order valence-electron chi connectivity index (χ1n) is 8.43. The molecule has 136 valence electrons. The zero-order chi connectivity index (χ0) is 18.4. The van der Waals surface area contributed by atoms with Gasteiger partial charge in [-0.05, 0) is 11.6 Å². The van der Waals surface area contributed by atoms with E-state index in [-0.39, 0.29) is 12.4 Å². The fourth-order valence-electron chi connectivity index (χ4n) is 2.73. The zero-order valence-corrected chi connectivity index (χ0v) is 15.0. The van der Waals surface area contributed by atoms with Crippen LogP contribution < -0.4 is 4.90 Å². The number of ether oxygens (including phenoxy) is 2. The van der Waals surface area contributed by atoms with Crippen molar-refractivity contribution in [2.24, 2.45) is 0 Å². The predicted octanol–water partition coefficient (Wildman–Crippen LogP) is 2.41. The summed E-state index contributed by atoms with van der Waals surface area (Å²) in [7, 11) is 3.05. The van der Waals surface area contributed by atoms with Gasteiger partial charge in [-0.25, -0.2) is 9.50 Å². The smallest absolute Gasteiger partial charge is 0.307 e. The van der Waals surface area contributed by atoms with Gasteiger partial charge in [-0.1, -0.05) is 30.3 Å². The van der Waals surface area contributed by atoms with Gasteiger partial charge in [0.2, 0.25) is 0 Å². The standard InChI is InChI=1S/C19H22N4O3/c1-25-13-12-22(10-9-18(24)26-2)17-8-11-23-19(21-17)16(14-20-23)15-6-4-3-5-7-15/h3-8,11,14H,9-10,12-13H2,1-2H3. The number of carbonyl (C=O) groups excluding carboxylic acids is 1. The van der Waals surface area contributed by atoms with E-state index < -0.39 is 0 Å². The molecule has 0 radical (unpaired) electrons. The second-order valence-corrected chi connectivity index (χ2v) is 5.78. The molecule has 0 N–H and O–H groups in total. The number of benzene rings is 1. The molecule has 0 aliphatic heterocycles. The Kier molecular flexibility index (Phi) is 5.80. The Morgan fingerprint density at radius 2 is 1.96 bits per heavy atom. The Morgan fingerprint density at radius 1 is 1.15 bits per heavy atom. The normalized spacial score (nSPS) is 10.8. The van der Waals surface area contributed by atoms with E-state index in [1.807, 2.05) is 53.7 Å². The number of carbonyl (C=O) groups is 1. The molecule has 0 atom stereocenters. The molecule has 0 bridgehead atoms. The van der Waals surface area contributed by atoms with Crippen LogP contribution in [0.25, 0.3) is 16.8 Å². The average molecular weight is 354 g/mol. The second-order valence-electron chi connectivity index (χ2n) is 5.78. The molecule has 3 rings (SSSR count). The Balaban J connectivity index is 1.92. The summed E-state index contributed by atoms with van der Waals surface area (Å²) in [5.41, 5.74) is 2.80. The third-order valence-electron chi connectivity index (χ3n) is 4.14. The fraction of sp³-hybridized carbons (Fsp3) is 0.316. The SMILES string of the molecule is COCCN(CCC(=O)OC)c1ccn2ncc(-c3ccccc3)c2n1. The fourth-order valence-corrected chi connectivity index (χ4v) is 2.73. The van der Waals surface area contributed by atoms with Crippen LogP contribution in [0.15, 0.2) is 48.8 Å². The highest BCUT2D eigenvalue weighted by atomic mass is 16.5. The molecule has 3 aromatic rings. The third-order valence-corrected chi connectivity index (χ3v) is 4.14. The molecule has 0 aliphatic carbocycles. The first kappa shape index (κ1) is 17.9. The van der Waals surface area contributed by atoms with E-state index in [4.69, 9.17) is 14.5 Å². The number of esters is 1. The highest BCUT2D eigenvalue weighted by molar-refractivity contribution is 5.77. The molecule has 0 amide bonds. The molecule has 2 aromatic heterocycles. The minimum absolute atomic E-state index is 0.247. The lowest BCUT2D eigenvalue weighted by Gasteiger charge is -2.23. The number of hydrogen-bond acceptors (Lipinski definition) is 6. The number of fused-ring (bicyclic) bond motifs is 1. The van der Waals surface area contributed by atoms with Gasteiger partial charge < -0.3 is 14.4 Å². The summed E-state index contributed by atoms with van der Waals surface area (Å²) in [6.45, 7) is 1.68. The Hall–Kier alpha value is -2.93. The maximum atomic E-state index is 11.5. The van der Waals surface area contributed by atoms with Crippen molar-refractivity contribution >= 4 is 17.4 Å². The maximum Gasteiger partial charge on any atom is 0.307 e. The zero-order valence-electron chi connectivity index (χ0n) is 15.0. The molecular formula is C19H22N4O3. The lowest BCUT2D eigenvalue weighted by atomic mass is 10.1. The van der Waals surface area contributed by atoms with Gasteiger partial charge in [0, 0.05) is 32.0 Å². The summed E-state index contributed by atoms with van der Waals surface area (Å²) >= 11 is 0. The van der Waals surface area contributed by atoms with E-state index in [0.29, 0.717) is 19.7 Å². The molecule has 2 heterocycles. The largest absolute Gasteiger partial charge is 0.469 e. The third kappa shape index (κ3) is 4.00. The van der Waals surface area contributed by atoms with Gasteiger partial charge in [-0.2, -0.15) is 5.10 Å². The molecule has 0 aliphatic rings. The summed E-state index contributed by atoms with van der Waals surface area (Å²) in [6.07, 6.45) is 3.98. The van der Waals surface area contributed by atoms with Gasteiger partial charge in [-0.3, -0.25) is 4.79 Å². The van der Waals surface area contributed by atoms with Gasteiger partial charge >= 0.3 is 5.97 Å². The van der Waals surface area contributed by atoms with E-state index in [9.17, 15) is 4.79 Å². The highest BCUT2D eigenvalue weighted by Gasteiger charge is 2.14. The van der Waals surface area contributed by atoms with Crippen LogP contribution in [0.2, 0.25) is 0 Å². The number of hydrogen-bond donors (Lipinski definition) is 0. The summed E-state index contributed by atoms with van der Waals surface area (Å²) < 4.78 is 11.7. The van der Waals surface area contributed by atoms with Crippen molar-refractivity contribution in [2.75, 3.05) is 38.8 Å². The quantitative estimate of drug-likeness (QED) is 0.579. The monoisotopic (exact) mass is 354 g/mol. The van der Waals surface area contributed by atoms with Gasteiger partial charge in [-0.15, -0.1) is 0 Å². The van der Waals surface area contributed by atoms with Crippen molar-refractivity contribution in [2.45, 2.75) is 6.42 Å². The summed E-state index contributed by atoms with van der Waals surface area (Å²) in [4.78, 5) is 18.3. The van der Waals surface area contributed by atoms with Crippen LogP contribution >= 0.6 is 0 Å². The molecule has 1 aromatic carbocycles. The number of anilines is 1. The minimum atomic E-state index is -0.247. The molecule has 0 fully saturated rings. The molecule has 0 unspecified atom stereocenters. The molecule has 7 nitrogen and oxygen atoms in total. The van der Waals surface area contributed by atoms with E-state index in [2.05, 4.69) is 5.10 Å². The average Bonchev–Trinajstić information content (AvgIpc) is 3.11. The van der Waals surface area contributed by atoms with E-state index in [1.165, 1.54) is 7.11 Å². The van der Waals surface area contributed by atoms with Gasteiger partial charge in [0.25, 0.3) is 0 Å². The molecule has 26 heavy (non-hydrogen) atoms. The van der Waals surface area contributed by atoms with Crippen LogP contribution in [0.1, 0.15) is 6.42 Å². The van der Waals surface area contributed by atoms with Crippen LogP contribution in [0.4, 0.5) is 5.82 Å². The lowest BCUT2D eigenvalue weighted by molar-refractivity contribution is -0.140. The van der Waals surface area contributed by atoms with Crippen molar-refractivity contribution < 1.29 is 14.3 Å². The highest BCUT2D eigenvalue weighted by Crippen LogP contribution is 2.24. The van der Waals surface area contributed by atoms with Gasteiger partial charge in [0.15, 0.2) is 5.65 Å². The van der Waals surface area contributed by atoms with Crippen LogP contribution in [0.5, 0.6) is 0 Å². The van der Waals surface area contributed by atoms with Crippen LogP contribution in [0, 0.1) is 0 Å².